The summed E-state index contributed by atoms with van der Waals surface area (Å²) in [6.07, 6.45) is 16.5. The maximum Gasteiger partial charge on any atom is 0.121 e. The van der Waals surface area contributed by atoms with Gasteiger partial charge in [0.05, 0.1) is 6.17 Å². The van der Waals surface area contributed by atoms with E-state index in [1.54, 1.807) is 6.08 Å². The normalized spacial score (nSPS) is 48.0. The van der Waals surface area contributed by atoms with Crippen LogP contribution in [0.2, 0.25) is 0 Å². The van der Waals surface area contributed by atoms with Crippen molar-refractivity contribution in [3.8, 4) is 0 Å². The van der Waals surface area contributed by atoms with Crippen LogP contribution in [0.3, 0.4) is 0 Å². The Labute approximate surface area is 174 Å². The first kappa shape index (κ1) is 19.9. The van der Waals surface area contributed by atoms with Gasteiger partial charge in [0.1, 0.15) is 6.17 Å². The molecule has 5 aliphatic rings. The zero-order valence-electron chi connectivity index (χ0n) is 17.7. The minimum Gasteiger partial charge on any atom is -0.328 e. The van der Waals surface area contributed by atoms with Crippen molar-refractivity contribution in [3.63, 3.8) is 0 Å². The second kappa shape index (κ2) is 8.24. The summed E-state index contributed by atoms with van der Waals surface area (Å²) in [6, 6.07) is 1.28. The summed E-state index contributed by atoms with van der Waals surface area (Å²) in [5.74, 6) is 1.51. The lowest BCUT2D eigenvalue weighted by atomic mass is 9.75. The van der Waals surface area contributed by atoms with E-state index < -0.39 is 6.17 Å². The van der Waals surface area contributed by atoms with Gasteiger partial charge in [-0.05, 0) is 50.4 Å². The first-order valence-electron chi connectivity index (χ1n) is 11.9. The first-order chi connectivity index (χ1) is 14.1. The van der Waals surface area contributed by atoms with Crippen molar-refractivity contribution < 1.29 is 4.39 Å². The quantitative estimate of drug-likeness (QED) is 0.714. The molecular formula is C24H37FN4. The minimum absolute atomic E-state index is 0.0899. The van der Waals surface area contributed by atoms with Gasteiger partial charge in [0.15, 0.2) is 0 Å². The van der Waals surface area contributed by atoms with Crippen LogP contribution in [0.15, 0.2) is 29.3 Å². The zero-order valence-corrected chi connectivity index (χ0v) is 17.7. The summed E-state index contributed by atoms with van der Waals surface area (Å²) in [5, 5.41) is 3.84. The molecule has 9 atom stereocenters. The van der Waals surface area contributed by atoms with Crippen molar-refractivity contribution in [2.75, 3.05) is 13.1 Å². The van der Waals surface area contributed by atoms with Gasteiger partial charge in [-0.3, -0.25) is 15.2 Å². The van der Waals surface area contributed by atoms with Crippen LogP contribution >= 0.6 is 0 Å². The summed E-state index contributed by atoms with van der Waals surface area (Å²) in [6.45, 7) is 4.02. The SMILES string of the molecule is CC1CC(C2=NCCCC2C2C=CC3CNC(C4CCCC(N)C4)N32)C=CC1F. The van der Waals surface area contributed by atoms with Crippen LogP contribution in [-0.4, -0.2) is 54.2 Å². The fourth-order valence-corrected chi connectivity index (χ4v) is 6.66. The summed E-state index contributed by atoms with van der Waals surface area (Å²) in [4.78, 5) is 7.80. The highest BCUT2D eigenvalue weighted by molar-refractivity contribution is 5.92. The number of nitrogens with one attached hydrogen (secondary N) is 1. The molecule has 2 fully saturated rings. The molecule has 0 aromatic heterocycles. The number of rotatable bonds is 3. The summed E-state index contributed by atoms with van der Waals surface area (Å²) in [5.41, 5.74) is 7.67. The van der Waals surface area contributed by atoms with Gasteiger partial charge < -0.3 is 5.73 Å². The maximum atomic E-state index is 14.0. The largest absolute Gasteiger partial charge is 0.328 e. The van der Waals surface area contributed by atoms with E-state index in [0.29, 0.717) is 42.0 Å². The zero-order chi connectivity index (χ0) is 20.0. The fourth-order valence-electron chi connectivity index (χ4n) is 6.66. The Balaban J connectivity index is 1.37. The summed E-state index contributed by atoms with van der Waals surface area (Å²) < 4.78 is 14.0. The lowest BCUT2D eigenvalue weighted by Crippen LogP contribution is -2.53. The molecule has 3 heterocycles. The molecule has 1 saturated heterocycles. The lowest BCUT2D eigenvalue weighted by Gasteiger charge is -2.43. The first-order valence-corrected chi connectivity index (χ1v) is 11.9. The van der Waals surface area contributed by atoms with E-state index in [0.717, 1.165) is 25.9 Å². The van der Waals surface area contributed by atoms with Gasteiger partial charge in [-0.15, -0.1) is 0 Å². The van der Waals surface area contributed by atoms with Crippen LogP contribution in [0.4, 0.5) is 4.39 Å². The lowest BCUT2D eigenvalue weighted by molar-refractivity contribution is 0.0910. The Bertz CT molecular complexity index is 688. The Kier molecular flexibility index (Phi) is 5.65. The Morgan fingerprint density at radius 3 is 2.83 bits per heavy atom. The highest BCUT2D eigenvalue weighted by Crippen LogP contribution is 2.40. The second-order valence-electron chi connectivity index (χ2n) is 10.1. The molecule has 0 spiro atoms. The Hall–Kier alpha value is -1.04. The number of alkyl halides is 1. The molecule has 4 nitrogen and oxygen atoms in total. The van der Waals surface area contributed by atoms with Gasteiger partial charge in [-0.25, -0.2) is 4.39 Å². The van der Waals surface area contributed by atoms with E-state index in [1.807, 2.05) is 6.92 Å². The molecule has 5 heteroatoms. The molecule has 0 aromatic carbocycles. The molecule has 0 amide bonds. The van der Waals surface area contributed by atoms with Crippen LogP contribution in [0.5, 0.6) is 0 Å². The predicted octanol–water partition coefficient (Wildman–Crippen LogP) is 3.44. The standard InChI is InChI=1S/C24H37FN4/c1-15-12-16(7-9-21(15)25)23-20(6-3-11-27-23)22-10-8-19-14-28-24(29(19)22)17-4-2-5-18(26)13-17/h7-10,15-22,24,28H,2-6,11-14,26H2,1H3. The highest BCUT2D eigenvalue weighted by Gasteiger charge is 2.47. The highest BCUT2D eigenvalue weighted by atomic mass is 19.1. The van der Waals surface area contributed by atoms with E-state index in [-0.39, 0.29) is 5.92 Å². The van der Waals surface area contributed by atoms with Crippen LogP contribution in [0.25, 0.3) is 0 Å². The molecule has 1 saturated carbocycles. The monoisotopic (exact) mass is 400 g/mol. The van der Waals surface area contributed by atoms with E-state index in [2.05, 4.69) is 28.4 Å². The van der Waals surface area contributed by atoms with Crippen molar-refractivity contribution >= 4 is 5.71 Å². The summed E-state index contributed by atoms with van der Waals surface area (Å²) >= 11 is 0. The van der Waals surface area contributed by atoms with Crippen molar-refractivity contribution in [1.82, 2.24) is 10.2 Å². The third kappa shape index (κ3) is 3.75. The molecule has 3 aliphatic heterocycles. The second-order valence-corrected chi connectivity index (χ2v) is 10.1. The Morgan fingerprint density at radius 1 is 1.10 bits per heavy atom. The van der Waals surface area contributed by atoms with Crippen molar-refractivity contribution in [2.24, 2.45) is 34.4 Å². The third-order valence-electron chi connectivity index (χ3n) is 8.15. The van der Waals surface area contributed by atoms with Gasteiger partial charge in [0.2, 0.25) is 0 Å². The van der Waals surface area contributed by atoms with E-state index in [1.165, 1.54) is 37.8 Å². The number of aliphatic imine (C=N–C) groups is 1. The topological polar surface area (TPSA) is 53.6 Å². The number of allylic oxidation sites excluding steroid dienone is 2. The van der Waals surface area contributed by atoms with Gasteiger partial charge >= 0.3 is 0 Å². The molecule has 0 aromatic rings. The maximum absolute atomic E-state index is 14.0. The third-order valence-corrected chi connectivity index (χ3v) is 8.15. The van der Waals surface area contributed by atoms with Crippen molar-refractivity contribution in [2.45, 2.75) is 82.3 Å². The molecule has 9 unspecified atom stereocenters. The molecule has 29 heavy (non-hydrogen) atoms. The number of hydrogen-bond acceptors (Lipinski definition) is 4. The number of nitrogens with two attached hydrogens (primary N) is 1. The Morgan fingerprint density at radius 2 is 2.00 bits per heavy atom. The van der Waals surface area contributed by atoms with E-state index in [4.69, 9.17) is 10.7 Å². The molecule has 0 radical (unpaired) electrons. The van der Waals surface area contributed by atoms with Gasteiger partial charge in [-0.2, -0.15) is 0 Å². The molecule has 3 N–H and O–H groups in total. The van der Waals surface area contributed by atoms with E-state index in [9.17, 15) is 4.39 Å². The number of nitrogens with zero attached hydrogens (tertiary/aromatic N) is 2. The average Bonchev–Trinajstić information content (AvgIpc) is 3.32. The number of fused-ring (bicyclic) bond motifs is 1. The number of hydrogen-bond donors (Lipinski definition) is 2. The average molecular weight is 401 g/mol. The smallest absolute Gasteiger partial charge is 0.121 e. The van der Waals surface area contributed by atoms with Crippen molar-refractivity contribution in [1.29, 1.82) is 0 Å². The molecule has 0 bridgehead atoms. The molecular weight excluding hydrogens is 363 g/mol. The summed E-state index contributed by atoms with van der Waals surface area (Å²) in [7, 11) is 0. The van der Waals surface area contributed by atoms with Crippen LogP contribution in [-0.2, 0) is 0 Å². The molecule has 2 aliphatic carbocycles. The van der Waals surface area contributed by atoms with Gasteiger partial charge in [0.25, 0.3) is 0 Å². The molecule has 5 rings (SSSR count). The fraction of sp³-hybridized carbons (Fsp3) is 0.792. The van der Waals surface area contributed by atoms with Crippen LogP contribution in [0, 0.1) is 23.7 Å². The predicted molar refractivity (Wildman–Crippen MR) is 117 cm³/mol. The van der Waals surface area contributed by atoms with Crippen LogP contribution in [0.1, 0.15) is 51.9 Å². The van der Waals surface area contributed by atoms with Gasteiger partial charge in [-0.1, -0.05) is 37.6 Å². The molecule has 160 valence electrons. The minimum atomic E-state index is -0.799. The van der Waals surface area contributed by atoms with Gasteiger partial charge in [0, 0.05) is 48.8 Å². The van der Waals surface area contributed by atoms with Crippen molar-refractivity contribution in [3.05, 3.63) is 24.3 Å². The van der Waals surface area contributed by atoms with E-state index >= 15 is 0 Å². The number of halogens is 1. The van der Waals surface area contributed by atoms with Crippen LogP contribution < -0.4 is 11.1 Å².